The van der Waals surface area contributed by atoms with Crippen molar-refractivity contribution in [2.24, 2.45) is 7.05 Å². The summed E-state index contributed by atoms with van der Waals surface area (Å²) in [5, 5.41) is 3.70. The molecule has 9 heteroatoms. The summed E-state index contributed by atoms with van der Waals surface area (Å²) in [7, 11) is -2.33. The molecular weight excluding hydrogens is 309 g/mol. The molecule has 0 amide bonds. The van der Waals surface area contributed by atoms with E-state index >= 15 is 0 Å². The van der Waals surface area contributed by atoms with E-state index in [1.54, 1.807) is 6.92 Å². The van der Waals surface area contributed by atoms with Crippen LogP contribution in [0.3, 0.4) is 0 Å². The number of hydrogen-bond acceptors (Lipinski definition) is 3. The first kappa shape index (κ1) is 15.0. The summed E-state index contributed by atoms with van der Waals surface area (Å²) in [5.41, 5.74) is -0.935. The predicted octanol–water partition coefficient (Wildman–Crippen LogP) is 1.59. The van der Waals surface area contributed by atoms with Crippen molar-refractivity contribution in [3.05, 3.63) is 11.2 Å². The van der Waals surface area contributed by atoms with Crippen LogP contribution in [0.5, 0.6) is 0 Å². The molecule has 0 aliphatic heterocycles. The van der Waals surface area contributed by atoms with Crippen LogP contribution in [0.15, 0.2) is 11.2 Å². The molecule has 0 unspecified atom stereocenters. The summed E-state index contributed by atoms with van der Waals surface area (Å²) in [5.74, 6) is 0.0937. The molecule has 17 heavy (non-hydrogen) atoms. The molecule has 0 radical (unpaired) electrons. The van der Waals surface area contributed by atoms with Crippen LogP contribution in [0.25, 0.3) is 0 Å². The Kier molecular flexibility index (Phi) is 4.71. The maximum Gasteiger partial charge on any atom is 0.259 e. The Morgan fingerprint density at radius 2 is 2.00 bits per heavy atom. The maximum absolute atomic E-state index is 12.1. The molecule has 0 atom stereocenters. The van der Waals surface area contributed by atoms with Crippen LogP contribution >= 0.6 is 34.8 Å². The maximum atomic E-state index is 12.1. The third-order valence-corrected chi connectivity index (χ3v) is 5.39. The van der Waals surface area contributed by atoms with Gasteiger partial charge in [0.05, 0.1) is 16.8 Å². The molecule has 1 rings (SSSR count). The highest BCUT2D eigenvalue weighted by atomic mass is 35.5. The van der Waals surface area contributed by atoms with Gasteiger partial charge in [-0.2, -0.15) is 5.10 Å². The average Bonchev–Trinajstić information content (AvgIpc) is 2.58. The van der Waals surface area contributed by atoms with E-state index in [0.29, 0.717) is 0 Å². The molecular formula is C8H12Cl3N3O2S. The SMILES string of the molecule is Cn1ncc(Cl)c1S(=O)(=O)NC(C)(CCl)CCl. The lowest BCUT2D eigenvalue weighted by Gasteiger charge is -2.25. The van der Waals surface area contributed by atoms with Gasteiger partial charge in [-0.15, -0.1) is 23.2 Å². The van der Waals surface area contributed by atoms with Crippen molar-refractivity contribution in [3.8, 4) is 0 Å². The molecule has 0 saturated heterocycles. The molecule has 1 heterocycles. The number of sulfonamides is 1. The van der Waals surface area contributed by atoms with Gasteiger partial charge in [-0.25, -0.2) is 13.1 Å². The van der Waals surface area contributed by atoms with Gasteiger partial charge in [-0.3, -0.25) is 4.68 Å². The second-order valence-electron chi connectivity index (χ2n) is 3.85. The van der Waals surface area contributed by atoms with Gasteiger partial charge >= 0.3 is 0 Å². The van der Waals surface area contributed by atoms with E-state index in [2.05, 4.69) is 9.82 Å². The minimum Gasteiger partial charge on any atom is -0.255 e. The summed E-state index contributed by atoms with van der Waals surface area (Å²) >= 11 is 17.2. The fourth-order valence-electron chi connectivity index (χ4n) is 1.16. The highest BCUT2D eigenvalue weighted by molar-refractivity contribution is 7.89. The van der Waals surface area contributed by atoms with Crippen LogP contribution in [0.2, 0.25) is 5.02 Å². The zero-order chi connectivity index (χ0) is 13.3. The number of hydrogen-bond donors (Lipinski definition) is 1. The first-order valence-corrected chi connectivity index (χ1v) is 7.52. The highest BCUT2D eigenvalue weighted by Crippen LogP contribution is 2.22. The van der Waals surface area contributed by atoms with Crippen LogP contribution in [0, 0.1) is 0 Å². The van der Waals surface area contributed by atoms with Gasteiger partial charge in [0.1, 0.15) is 0 Å². The Morgan fingerprint density at radius 1 is 1.47 bits per heavy atom. The second-order valence-corrected chi connectivity index (χ2v) is 6.39. The molecule has 0 fully saturated rings. The van der Waals surface area contributed by atoms with Crippen LogP contribution in [-0.4, -0.2) is 35.5 Å². The number of rotatable bonds is 5. The highest BCUT2D eigenvalue weighted by Gasteiger charge is 2.32. The molecule has 1 aromatic heterocycles. The molecule has 5 nitrogen and oxygen atoms in total. The van der Waals surface area contributed by atoms with E-state index in [4.69, 9.17) is 34.8 Å². The molecule has 0 aromatic carbocycles. The Morgan fingerprint density at radius 3 is 2.35 bits per heavy atom. The number of aryl methyl sites for hydroxylation is 1. The van der Waals surface area contributed by atoms with Crippen molar-refractivity contribution in [1.29, 1.82) is 0 Å². The van der Waals surface area contributed by atoms with Crippen molar-refractivity contribution in [1.82, 2.24) is 14.5 Å². The minimum atomic E-state index is -3.81. The number of halogens is 3. The van der Waals surface area contributed by atoms with Gasteiger partial charge in [0.2, 0.25) is 0 Å². The van der Waals surface area contributed by atoms with Gasteiger partial charge in [0, 0.05) is 18.8 Å². The van der Waals surface area contributed by atoms with Crippen molar-refractivity contribution in [3.63, 3.8) is 0 Å². The molecule has 0 bridgehead atoms. The fraction of sp³-hybridized carbons (Fsp3) is 0.625. The van der Waals surface area contributed by atoms with Gasteiger partial charge in [0.15, 0.2) is 5.03 Å². The van der Waals surface area contributed by atoms with Crippen molar-refractivity contribution >= 4 is 44.8 Å². The van der Waals surface area contributed by atoms with E-state index in [9.17, 15) is 8.42 Å². The number of nitrogens with one attached hydrogen (secondary N) is 1. The van der Waals surface area contributed by atoms with E-state index in [1.807, 2.05) is 0 Å². The molecule has 1 N–H and O–H groups in total. The van der Waals surface area contributed by atoms with E-state index in [1.165, 1.54) is 17.9 Å². The van der Waals surface area contributed by atoms with Gasteiger partial charge in [0.25, 0.3) is 10.0 Å². The predicted molar refractivity (Wildman–Crippen MR) is 68.4 cm³/mol. The lowest BCUT2D eigenvalue weighted by atomic mass is 10.1. The summed E-state index contributed by atoms with van der Waals surface area (Å²) in [6, 6.07) is 0. The summed E-state index contributed by atoms with van der Waals surface area (Å²) < 4.78 is 27.8. The van der Waals surface area contributed by atoms with Crippen LogP contribution < -0.4 is 4.72 Å². The Hall–Kier alpha value is -0.0100. The molecule has 0 aliphatic rings. The summed E-state index contributed by atoms with van der Waals surface area (Å²) in [4.78, 5) is 0. The fourth-order valence-corrected chi connectivity index (χ4v) is 3.81. The van der Waals surface area contributed by atoms with E-state index in [0.717, 1.165) is 0 Å². The summed E-state index contributed by atoms with van der Waals surface area (Å²) in [6.07, 6.45) is 1.26. The third-order valence-electron chi connectivity index (χ3n) is 2.07. The Bertz CT molecular complexity index is 477. The topological polar surface area (TPSA) is 64.0 Å². The van der Waals surface area contributed by atoms with Gasteiger partial charge < -0.3 is 0 Å². The standard InChI is InChI=1S/C8H12Cl3N3O2S/c1-8(4-9,5-10)13-17(15,16)7-6(11)3-12-14(7)2/h3,13H,4-5H2,1-2H3. The van der Waals surface area contributed by atoms with Gasteiger partial charge in [-0.05, 0) is 6.92 Å². The molecule has 98 valence electrons. The monoisotopic (exact) mass is 319 g/mol. The zero-order valence-electron chi connectivity index (χ0n) is 9.24. The van der Waals surface area contributed by atoms with Crippen LogP contribution in [0.4, 0.5) is 0 Å². The minimum absolute atomic E-state index is 0.0468. The van der Waals surface area contributed by atoms with Crippen molar-refractivity contribution in [2.45, 2.75) is 17.5 Å². The lowest BCUT2D eigenvalue weighted by molar-refractivity contribution is 0.493. The molecule has 0 spiro atoms. The molecule has 1 aromatic rings. The first-order valence-electron chi connectivity index (χ1n) is 4.59. The van der Waals surface area contributed by atoms with Crippen LogP contribution in [0.1, 0.15) is 6.92 Å². The normalized spacial score (nSPS) is 13.0. The third kappa shape index (κ3) is 3.26. The second kappa shape index (κ2) is 5.32. The average molecular weight is 321 g/mol. The Labute approximate surface area is 115 Å². The first-order chi connectivity index (χ1) is 7.75. The van der Waals surface area contributed by atoms with Crippen LogP contribution in [-0.2, 0) is 17.1 Å². The lowest BCUT2D eigenvalue weighted by Crippen LogP contribution is -2.49. The number of alkyl halides is 2. The largest absolute Gasteiger partial charge is 0.259 e. The zero-order valence-corrected chi connectivity index (χ0v) is 12.3. The van der Waals surface area contributed by atoms with Gasteiger partial charge in [-0.1, -0.05) is 11.6 Å². The van der Waals surface area contributed by atoms with Crippen molar-refractivity contribution in [2.75, 3.05) is 11.8 Å². The van der Waals surface area contributed by atoms with E-state index < -0.39 is 15.6 Å². The van der Waals surface area contributed by atoms with E-state index in [-0.39, 0.29) is 21.8 Å². The Balaban J connectivity index is 3.14. The number of nitrogens with zero attached hydrogens (tertiary/aromatic N) is 2. The molecule has 0 saturated carbocycles. The quantitative estimate of drug-likeness (QED) is 0.838. The van der Waals surface area contributed by atoms with Crippen molar-refractivity contribution < 1.29 is 8.42 Å². The smallest absolute Gasteiger partial charge is 0.255 e. The number of aromatic nitrogens is 2. The molecule has 0 aliphatic carbocycles. The summed E-state index contributed by atoms with van der Waals surface area (Å²) in [6.45, 7) is 1.61.